The number of carbonyl (C=O) groups is 1. The first-order valence-electron chi connectivity index (χ1n) is 12.1. The smallest absolute Gasteiger partial charge is 0.283 e. The Morgan fingerprint density at radius 1 is 1.17 bits per heavy atom. The molecule has 1 aliphatic carbocycles. The molecule has 0 bridgehead atoms. The SMILES string of the molecule is C=CCc1ccccc1OCCn1cccc1/C=C1/C(=N)N2N=C(C3CCCCC3)SC2=NC1=O. The molecule has 1 aromatic carbocycles. The molecular weight excluding hydrogens is 458 g/mol. The molecule has 180 valence electrons. The molecule has 0 spiro atoms. The van der Waals surface area contributed by atoms with Gasteiger partial charge in [-0.25, -0.2) is 0 Å². The summed E-state index contributed by atoms with van der Waals surface area (Å²) in [5.41, 5.74) is 2.17. The van der Waals surface area contributed by atoms with Crippen LogP contribution in [0.2, 0.25) is 0 Å². The third-order valence-electron chi connectivity index (χ3n) is 6.51. The molecule has 0 unspecified atom stereocenters. The summed E-state index contributed by atoms with van der Waals surface area (Å²) in [5, 5.41) is 16.4. The summed E-state index contributed by atoms with van der Waals surface area (Å²) in [6, 6.07) is 11.8. The molecule has 5 rings (SSSR count). The van der Waals surface area contributed by atoms with Gasteiger partial charge in [-0.3, -0.25) is 10.2 Å². The Hall–Kier alpha value is -3.39. The van der Waals surface area contributed by atoms with Crippen molar-refractivity contribution < 1.29 is 9.53 Å². The minimum atomic E-state index is -0.392. The number of thioether (sulfide) groups is 1. The molecule has 1 aromatic heterocycles. The van der Waals surface area contributed by atoms with Gasteiger partial charge in [-0.15, -0.1) is 6.58 Å². The molecular formula is C27H29N5O2S. The molecule has 2 aliphatic heterocycles. The van der Waals surface area contributed by atoms with E-state index in [9.17, 15) is 4.79 Å². The lowest BCUT2D eigenvalue weighted by molar-refractivity contribution is -0.114. The average Bonchev–Trinajstić information content (AvgIpc) is 3.50. The Bertz CT molecular complexity index is 1240. The second kappa shape index (κ2) is 10.5. The first-order valence-corrected chi connectivity index (χ1v) is 12.9. The Morgan fingerprint density at radius 2 is 2.00 bits per heavy atom. The maximum atomic E-state index is 12.8. The van der Waals surface area contributed by atoms with Gasteiger partial charge in [-0.05, 0) is 60.9 Å². The maximum absolute atomic E-state index is 12.8. The van der Waals surface area contributed by atoms with Crippen molar-refractivity contribution in [2.75, 3.05) is 6.61 Å². The van der Waals surface area contributed by atoms with Crippen molar-refractivity contribution in [3.63, 3.8) is 0 Å². The number of hydrazone groups is 1. The van der Waals surface area contributed by atoms with Crippen LogP contribution in [-0.4, -0.2) is 38.1 Å². The van der Waals surface area contributed by atoms with Crippen LogP contribution in [0, 0.1) is 11.3 Å². The van der Waals surface area contributed by atoms with Crippen molar-refractivity contribution in [2.45, 2.75) is 45.1 Å². The highest BCUT2D eigenvalue weighted by atomic mass is 32.2. The normalized spacial score (nSPS) is 19.5. The van der Waals surface area contributed by atoms with E-state index in [-0.39, 0.29) is 11.4 Å². The number of carbonyl (C=O) groups excluding carboxylic acids is 1. The number of benzene rings is 1. The zero-order chi connectivity index (χ0) is 24.2. The van der Waals surface area contributed by atoms with Crippen molar-refractivity contribution in [1.82, 2.24) is 9.58 Å². The topological polar surface area (TPSA) is 83.0 Å². The van der Waals surface area contributed by atoms with E-state index in [1.165, 1.54) is 36.0 Å². The highest BCUT2D eigenvalue weighted by molar-refractivity contribution is 8.27. The number of nitrogens with zero attached hydrogens (tertiary/aromatic N) is 4. The zero-order valence-corrected chi connectivity index (χ0v) is 20.5. The quantitative estimate of drug-likeness (QED) is 0.394. The van der Waals surface area contributed by atoms with Crippen LogP contribution in [0.1, 0.15) is 43.4 Å². The lowest BCUT2D eigenvalue weighted by atomic mass is 9.90. The number of ether oxygens (including phenoxy) is 1. The fourth-order valence-electron chi connectivity index (χ4n) is 4.65. The van der Waals surface area contributed by atoms with Crippen molar-refractivity contribution in [1.29, 1.82) is 5.41 Å². The number of aromatic nitrogens is 1. The molecule has 0 radical (unpaired) electrons. The highest BCUT2D eigenvalue weighted by Crippen LogP contribution is 2.36. The fraction of sp³-hybridized carbons (Fsp3) is 0.333. The third-order valence-corrected chi connectivity index (χ3v) is 7.58. The van der Waals surface area contributed by atoms with E-state index in [0.717, 1.165) is 41.3 Å². The van der Waals surface area contributed by atoms with Gasteiger partial charge in [0, 0.05) is 17.8 Å². The Labute approximate surface area is 209 Å². The molecule has 1 saturated carbocycles. The fourth-order valence-corrected chi connectivity index (χ4v) is 5.71. The Balaban J connectivity index is 1.29. The van der Waals surface area contributed by atoms with E-state index in [2.05, 4.69) is 16.7 Å². The second-order valence-corrected chi connectivity index (χ2v) is 9.86. The Morgan fingerprint density at radius 3 is 2.83 bits per heavy atom. The van der Waals surface area contributed by atoms with E-state index >= 15 is 0 Å². The third kappa shape index (κ3) is 5.03. The minimum Gasteiger partial charge on any atom is -0.491 e. The summed E-state index contributed by atoms with van der Waals surface area (Å²) in [5.74, 6) is 0.951. The molecule has 1 fully saturated rings. The van der Waals surface area contributed by atoms with Gasteiger partial charge in [0.05, 0.1) is 12.1 Å². The predicted octanol–water partition coefficient (Wildman–Crippen LogP) is 5.50. The number of allylic oxidation sites excluding steroid dienone is 1. The van der Waals surface area contributed by atoms with Crippen molar-refractivity contribution in [2.24, 2.45) is 16.0 Å². The molecule has 0 atom stereocenters. The van der Waals surface area contributed by atoms with Gasteiger partial charge >= 0.3 is 0 Å². The monoisotopic (exact) mass is 487 g/mol. The lowest BCUT2D eigenvalue weighted by Gasteiger charge is -2.20. The number of fused-ring (bicyclic) bond motifs is 1. The first kappa shape index (κ1) is 23.4. The summed E-state index contributed by atoms with van der Waals surface area (Å²) in [6.07, 6.45) is 12.2. The number of para-hydroxylation sites is 1. The second-order valence-electron chi connectivity index (χ2n) is 8.87. The molecule has 2 aromatic rings. The first-order chi connectivity index (χ1) is 17.1. The average molecular weight is 488 g/mol. The molecule has 35 heavy (non-hydrogen) atoms. The molecule has 7 nitrogen and oxygen atoms in total. The number of amidine groups is 2. The van der Waals surface area contributed by atoms with Gasteiger partial charge in [0.1, 0.15) is 17.4 Å². The van der Waals surface area contributed by atoms with Crippen molar-refractivity contribution in [3.8, 4) is 5.75 Å². The predicted molar refractivity (Wildman–Crippen MR) is 142 cm³/mol. The number of amides is 1. The van der Waals surface area contributed by atoms with Crippen LogP contribution < -0.4 is 4.74 Å². The van der Waals surface area contributed by atoms with E-state index < -0.39 is 5.91 Å². The standard InChI is InChI=1S/C27H29N5O2S/c1-2-9-19-10-6-7-14-23(19)34-17-16-31-15-8-13-21(31)18-22-24(28)32-27(29-25(22)33)35-26(30-32)20-11-4-3-5-12-20/h2,6-8,10,13-15,18,20,28H,1,3-5,9,11-12,16-17H2/b22-18-,28-24?. The van der Waals surface area contributed by atoms with Gasteiger partial charge < -0.3 is 9.30 Å². The summed E-state index contributed by atoms with van der Waals surface area (Å²) in [7, 11) is 0. The number of nitrogens with one attached hydrogen (secondary N) is 1. The van der Waals surface area contributed by atoms with Crippen LogP contribution in [0.3, 0.4) is 0 Å². The summed E-state index contributed by atoms with van der Waals surface area (Å²) < 4.78 is 8.04. The summed E-state index contributed by atoms with van der Waals surface area (Å²) in [4.78, 5) is 17.1. The molecule has 8 heteroatoms. The van der Waals surface area contributed by atoms with Crippen LogP contribution in [-0.2, 0) is 17.8 Å². The highest BCUT2D eigenvalue weighted by Gasteiger charge is 2.38. The van der Waals surface area contributed by atoms with E-state index in [1.807, 2.05) is 53.2 Å². The largest absolute Gasteiger partial charge is 0.491 e. The van der Waals surface area contributed by atoms with Crippen LogP contribution in [0.5, 0.6) is 5.75 Å². The van der Waals surface area contributed by atoms with E-state index in [0.29, 0.717) is 24.2 Å². The number of rotatable bonds is 8. The van der Waals surface area contributed by atoms with Gasteiger partial charge in [0.25, 0.3) is 5.91 Å². The maximum Gasteiger partial charge on any atom is 0.283 e. The zero-order valence-electron chi connectivity index (χ0n) is 19.7. The number of hydrogen-bond acceptors (Lipinski definition) is 5. The van der Waals surface area contributed by atoms with E-state index in [4.69, 9.17) is 10.1 Å². The van der Waals surface area contributed by atoms with Crippen molar-refractivity contribution >= 4 is 39.8 Å². The summed E-state index contributed by atoms with van der Waals surface area (Å²) in [6.45, 7) is 4.89. The van der Waals surface area contributed by atoms with Crippen LogP contribution in [0.25, 0.3) is 6.08 Å². The summed E-state index contributed by atoms with van der Waals surface area (Å²) >= 11 is 1.44. The van der Waals surface area contributed by atoms with Crippen LogP contribution in [0.4, 0.5) is 0 Å². The van der Waals surface area contributed by atoms with Crippen LogP contribution in [0.15, 0.2) is 70.9 Å². The molecule has 3 heterocycles. The van der Waals surface area contributed by atoms with Gasteiger partial charge in [-0.1, -0.05) is 43.5 Å². The van der Waals surface area contributed by atoms with Crippen molar-refractivity contribution in [3.05, 3.63) is 72.1 Å². The van der Waals surface area contributed by atoms with Crippen LogP contribution >= 0.6 is 11.8 Å². The number of aliphatic imine (C=N–C) groups is 1. The van der Waals surface area contributed by atoms with Gasteiger partial charge in [0.15, 0.2) is 5.84 Å². The van der Waals surface area contributed by atoms with E-state index in [1.54, 1.807) is 6.08 Å². The minimum absolute atomic E-state index is 0.0839. The molecule has 1 N–H and O–H groups in total. The number of hydrogen-bond donors (Lipinski definition) is 1. The Kier molecular flexibility index (Phi) is 6.99. The lowest BCUT2D eigenvalue weighted by Crippen LogP contribution is -2.35. The molecule has 0 saturated heterocycles. The molecule has 3 aliphatic rings. The van der Waals surface area contributed by atoms with Gasteiger partial charge in [0.2, 0.25) is 5.17 Å². The van der Waals surface area contributed by atoms with Gasteiger partial charge in [-0.2, -0.15) is 15.1 Å². The molecule has 1 amide bonds.